The van der Waals surface area contributed by atoms with E-state index in [1.807, 2.05) is 4.90 Å². The minimum Gasteiger partial charge on any atom is -0.340 e. The van der Waals surface area contributed by atoms with Gasteiger partial charge in [-0.2, -0.15) is 0 Å². The molecule has 1 heterocycles. The summed E-state index contributed by atoms with van der Waals surface area (Å²) in [6, 6.07) is 15.8. The topological polar surface area (TPSA) is 26.8 Å². The molecule has 1 saturated carbocycles. The van der Waals surface area contributed by atoms with Gasteiger partial charge >= 0.3 is 0 Å². The Bertz CT molecular complexity index is 758. The lowest BCUT2D eigenvalue weighted by atomic mass is 10.0. The van der Waals surface area contributed by atoms with Gasteiger partial charge < -0.3 is 9.80 Å². The maximum atomic E-state index is 12.6. The molecule has 0 radical (unpaired) electrons. The number of fused-ring (bicyclic) bond motifs is 1. The Balaban J connectivity index is 1.39. The van der Waals surface area contributed by atoms with Gasteiger partial charge in [0.05, 0.1) is 0 Å². The molecule has 4 nitrogen and oxygen atoms in total. The molecule has 4 heteroatoms. The van der Waals surface area contributed by atoms with Gasteiger partial charge in [0, 0.05) is 51.7 Å². The summed E-state index contributed by atoms with van der Waals surface area (Å²) < 4.78 is 0. The van der Waals surface area contributed by atoms with Gasteiger partial charge in [-0.15, -0.1) is 0 Å². The van der Waals surface area contributed by atoms with E-state index in [2.05, 4.69) is 59.3 Å². The second-order valence-corrected chi connectivity index (χ2v) is 7.77. The van der Waals surface area contributed by atoms with Crippen LogP contribution in [0.1, 0.15) is 24.8 Å². The van der Waals surface area contributed by atoms with Gasteiger partial charge in [-0.1, -0.05) is 42.5 Å². The van der Waals surface area contributed by atoms with E-state index in [-0.39, 0.29) is 0 Å². The van der Waals surface area contributed by atoms with E-state index in [0.29, 0.717) is 18.4 Å². The molecular weight excluding hydrogens is 322 g/mol. The fraction of sp³-hybridized carbons (Fsp3) is 0.500. The Kier molecular flexibility index (Phi) is 5.23. The van der Waals surface area contributed by atoms with Crippen molar-refractivity contribution in [3.8, 4) is 0 Å². The molecule has 0 unspecified atom stereocenters. The summed E-state index contributed by atoms with van der Waals surface area (Å²) in [5, 5.41) is 2.64. The van der Waals surface area contributed by atoms with Crippen LogP contribution in [0.4, 0.5) is 0 Å². The minimum atomic E-state index is 0.321. The van der Waals surface area contributed by atoms with Crippen LogP contribution in [0, 0.1) is 0 Å². The summed E-state index contributed by atoms with van der Waals surface area (Å²) in [4.78, 5) is 19.5. The first-order valence-electron chi connectivity index (χ1n) is 9.88. The first-order valence-corrected chi connectivity index (χ1v) is 9.88. The summed E-state index contributed by atoms with van der Waals surface area (Å²) in [5.74, 6) is 0.321. The highest BCUT2D eigenvalue weighted by Crippen LogP contribution is 2.30. The number of hydrogen-bond donors (Lipinski definition) is 0. The van der Waals surface area contributed by atoms with Crippen LogP contribution < -0.4 is 0 Å². The highest BCUT2D eigenvalue weighted by molar-refractivity contribution is 5.85. The quantitative estimate of drug-likeness (QED) is 0.801. The molecule has 0 aromatic heterocycles. The minimum absolute atomic E-state index is 0.321. The molecule has 138 valence electrons. The van der Waals surface area contributed by atoms with Crippen molar-refractivity contribution in [1.29, 1.82) is 0 Å². The van der Waals surface area contributed by atoms with Crippen LogP contribution >= 0.6 is 0 Å². The average Bonchev–Trinajstić information content (AvgIpc) is 3.51. The van der Waals surface area contributed by atoms with E-state index >= 15 is 0 Å². The van der Waals surface area contributed by atoms with Gasteiger partial charge in [0.2, 0.25) is 5.91 Å². The van der Waals surface area contributed by atoms with Crippen LogP contribution in [-0.4, -0.2) is 66.4 Å². The maximum Gasteiger partial charge on any atom is 0.223 e. The molecule has 1 amide bonds. The molecule has 4 rings (SSSR count). The van der Waals surface area contributed by atoms with Crippen molar-refractivity contribution in [1.82, 2.24) is 14.7 Å². The predicted molar refractivity (Wildman–Crippen MR) is 106 cm³/mol. The molecule has 2 fully saturated rings. The number of piperazine rings is 1. The van der Waals surface area contributed by atoms with Gasteiger partial charge in [0.1, 0.15) is 0 Å². The van der Waals surface area contributed by atoms with Crippen molar-refractivity contribution in [3.63, 3.8) is 0 Å². The van der Waals surface area contributed by atoms with Crippen LogP contribution in [0.2, 0.25) is 0 Å². The van der Waals surface area contributed by atoms with Crippen LogP contribution in [0.5, 0.6) is 0 Å². The Morgan fingerprint density at radius 1 is 1.04 bits per heavy atom. The molecule has 0 spiro atoms. The summed E-state index contributed by atoms with van der Waals surface area (Å²) >= 11 is 0. The lowest BCUT2D eigenvalue weighted by molar-refractivity contribution is -0.133. The van der Waals surface area contributed by atoms with Crippen molar-refractivity contribution < 1.29 is 4.79 Å². The fourth-order valence-electron chi connectivity index (χ4n) is 3.93. The van der Waals surface area contributed by atoms with Gasteiger partial charge in [-0.05, 0) is 36.2 Å². The molecule has 1 aliphatic heterocycles. The Hall–Kier alpha value is -1.91. The number of amides is 1. The summed E-state index contributed by atoms with van der Waals surface area (Å²) in [7, 11) is 2.13. The molecule has 1 saturated heterocycles. The Morgan fingerprint density at radius 2 is 1.77 bits per heavy atom. The second kappa shape index (κ2) is 7.77. The largest absolute Gasteiger partial charge is 0.340 e. The second-order valence-electron chi connectivity index (χ2n) is 7.77. The zero-order valence-electron chi connectivity index (χ0n) is 15.7. The lowest BCUT2D eigenvalue weighted by Gasteiger charge is -2.33. The number of likely N-dealkylation sites (N-methyl/N-ethyl adjacent to an activating group) is 1. The molecule has 2 aromatic carbocycles. The smallest absolute Gasteiger partial charge is 0.223 e. The summed E-state index contributed by atoms with van der Waals surface area (Å²) in [5.41, 5.74) is 1.38. The van der Waals surface area contributed by atoms with Gasteiger partial charge in [0.15, 0.2) is 0 Å². The van der Waals surface area contributed by atoms with Crippen molar-refractivity contribution in [2.45, 2.75) is 31.8 Å². The van der Waals surface area contributed by atoms with Crippen LogP contribution in [0.3, 0.4) is 0 Å². The zero-order valence-corrected chi connectivity index (χ0v) is 15.7. The molecule has 26 heavy (non-hydrogen) atoms. The van der Waals surface area contributed by atoms with Crippen LogP contribution in [0.25, 0.3) is 10.8 Å². The first kappa shape index (κ1) is 17.5. The standard InChI is InChI=1S/C22H29N3O/c1-23-13-15-24(16-14-23)22(26)11-12-25(20-9-10-20)17-19-7-4-6-18-5-2-3-8-21(18)19/h2-8,20H,9-17H2,1H3. The molecule has 0 atom stereocenters. The summed E-state index contributed by atoms with van der Waals surface area (Å²) in [6.45, 7) is 5.56. The molecule has 2 aliphatic rings. The molecular formula is C22H29N3O. The lowest BCUT2D eigenvalue weighted by Crippen LogP contribution is -2.47. The first-order chi connectivity index (χ1) is 12.7. The highest BCUT2D eigenvalue weighted by atomic mass is 16.2. The van der Waals surface area contributed by atoms with E-state index in [9.17, 15) is 4.79 Å². The third-order valence-electron chi connectivity index (χ3n) is 5.79. The third-order valence-corrected chi connectivity index (χ3v) is 5.79. The highest BCUT2D eigenvalue weighted by Gasteiger charge is 2.30. The number of carbonyl (C=O) groups is 1. The molecule has 0 N–H and O–H groups in total. The zero-order chi connectivity index (χ0) is 17.9. The normalized spacial score (nSPS) is 18.6. The van der Waals surface area contributed by atoms with Crippen LogP contribution in [0.15, 0.2) is 42.5 Å². The maximum absolute atomic E-state index is 12.6. The fourth-order valence-corrected chi connectivity index (χ4v) is 3.93. The Labute approximate surface area is 156 Å². The number of benzene rings is 2. The van der Waals surface area contributed by atoms with Crippen molar-refractivity contribution in [2.75, 3.05) is 39.8 Å². The molecule has 1 aliphatic carbocycles. The van der Waals surface area contributed by atoms with Crippen molar-refractivity contribution >= 4 is 16.7 Å². The van der Waals surface area contributed by atoms with E-state index in [1.54, 1.807) is 0 Å². The van der Waals surface area contributed by atoms with E-state index < -0.39 is 0 Å². The number of rotatable bonds is 6. The van der Waals surface area contributed by atoms with Crippen LogP contribution in [-0.2, 0) is 11.3 Å². The monoisotopic (exact) mass is 351 g/mol. The van der Waals surface area contributed by atoms with E-state index in [0.717, 1.165) is 39.3 Å². The third kappa shape index (κ3) is 4.08. The SMILES string of the molecule is CN1CCN(C(=O)CCN(Cc2cccc3ccccc23)C2CC2)CC1. The van der Waals surface area contributed by atoms with E-state index in [4.69, 9.17) is 0 Å². The predicted octanol–water partition coefficient (Wildman–Crippen LogP) is 2.97. The van der Waals surface area contributed by atoms with Gasteiger partial charge in [-0.3, -0.25) is 9.69 Å². The van der Waals surface area contributed by atoms with Crippen molar-refractivity contribution in [2.24, 2.45) is 0 Å². The van der Waals surface area contributed by atoms with Crippen molar-refractivity contribution in [3.05, 3.63) is 48.0 Å². The Morgan fingerprint density at radius 3 is 2.54 bits per heavy atom. The number of hydrogen-bond acceptors (Lipinski definition) is 3. The number of carbonyl (C=O) groups excluding carboxylic acids is 1. The molecule has 2 aromatic rings. The van der Waals surface area contributed by atoms with Gasteiger partial charge in [-0.25, -0.2) is 0 Å². The van der Waals surface area contributed by atoms with Gasteiger partial charge in [0.25, 0.3) is 0 Å². The molecule has 0 bridgehead atoms. The van der Waals surface area contributed by atoms with E-state index in [1.165, 1.54) is 29.2 Å². The summed E-state index contributed by atoms with van der Waals surface area (Å²) in [6.07, 6.45) is 3.19. The number of nitrogens with zero attached hydrogens (tertiary/aromatic N) is 3. The average molecular weight is 351 g/mol.